The van der Waals surface area contributed by atoms with E-state index in [-0.39, 0.29) is 11.4 Å². The number of carbonyl (C=O) groups is 2. The van der Waals surface area contributed by atoms with Crippen molar-refractivity contribution in [2.45, 2.75) is 0 Å². The van der Waals surface area contributed by atoms with Crippen molar-refractivity contribution < 1.29 is 19.4 Å². The summed E-state index contributed by atoms with van der Waals surface area (Å²) in [5.41, 5.74) is 2.24. The van der Waals surface area contributed by atoms with Crippen molar-refractivity contribution in [2.24, 2.45) is 5.10 Å². The Labute approximate surface area is 129 Å². The number of nitrogens with zero attached hydrogens (tertiary/aromatic N) is 2. The normalized spacial score (nSPS) is 10.4. The molecule has 0 bridgehead atoms. The fraction of sp³-hybridized carbons (Fsp3) is 0.0714. The van der Waals surface area contributed by atoms with Crippen molar-refractivity contribution >= 4 is 18.1 Å². The Morgan fingerprint density at radius 2 is 2.09 bits per heavy atom. The number of para-hydroxylation sites is 1. The van der Waals surface area contributed by atoms with E-state index >= 15 is 0 Å². The number of aliphatic carboxylic acids is 1. The van der Waals surface area contributed by atoms with Crippen molar-refractivity contribution in [3.8, 4) is 5.75 Å². The highest BCUT2D eigenvalue weighted by Crippen LogP contribution is 2.15. The molecule has 2 N–H and O–H groups in total. The van der Waals surface area contributed by atoms with Crippen molar-refractivity contribution in [3.63, 3.8) is 0 Å². The third-order valence-electron chi connectivity index (χ3n) is 2.55. The highest BCUT2D eigenvalue weighted by molar-refractivity contribution is 5.93. The first-order chi connectivity index (χ1) is 11.1. The molecule has 2 aromatic rings. The van der Waals surface area contributed by atoms with Crippen molar-refractivity contribution in [3.05, 3.63) is 58.0 Å². The van der Waals surface area contributed by atoms with Crippen LogP contribution in [-0.2, 0) is 4.79 Å². The van der Waals surface area contributed by atoms with Gasteiger partial charge in [0.15, 0.2) is 5.69 Å². The molecular formula is C14H11N4O5-. The molecule has 0 aliphatic carbocycles. The van der Waals surface area contributed by atoms with E-state index in [0.29, 0.717) is 5.56 Å². The Hall–Kier alpha value is -3.49. The smallest absolute Gasteiger partial charge is 0.291 e. The minimum atomic E-state index is -1.35. The minimum absolute atomic E-state index is 0.0109. The topological polar surface area (TPSA) is 137 Å². The molecule has 0 radical (unpaired) electrons. The van der Waals surface area contributed by atoms with Gasteiger partial charge < -0.3 is 14.6 Å². The molecule has 23 heavy (non-hydrogen) atoms. The molecule has 0 fully saturated rings. The van der Waals surface area contributed by atoms with Crippen molar-refractivity contribution in [2.75, 3.05) is 6.61 Å². The van der Waals surface area contributed by atoms with Gasteiger partial charge in [0, 0.05) is 11.6 Å². The first-order valence-electron chi connectivity index (χ1n) is 6.37. The third kappa shape index (κ3) is 4.77. The van der Waals surface area contributed by atoms with Gasteiger partial charge in [-0.1, -0.05) is 12.1 Å². The average molecular weight is 315 g/mol. The molecule has 0 saturated heterocycles. The predicted molar refractivity (Wildman–Crippen MR) is 76.9 cm³/mol. The molecule has 0 unspecified atom stereocenters. The fourth-order valence-corrected chi connectivity index (χ4v) is 1.54. The Bertz CT molecular complexity index is 779. The van der Waals surface area contributed by atoms with E-state index in [4.69, 9.17) is 4.74 Å². The van der Waals surface area contributed by atoms with Crippen LogP contribution in [0.1, 0.15) is 16.1 Å². The maximum absolute atomic E-state index is 11.7. The molecule has 118 valence electrons. The molecule has 1 heterocycles. The second-order valence-corrected chi connectivity index (χ2v) is 4.20. The van der Waals surface area contributed by atoms with Crippen molar-refractivity contribution in [1.82, 2.24) is 15.6 Å². The number of hydrogen-bond acceptors (Lipinski definition) is 7. The number of carboxylic acid groups (broad SMARTS) is 1. The van der Waals surface area contributed by atoms with Crippen LogP contribution in [0.15, 0.2) is 46.3 Å². The Morgan fingerprint density at radius 1 is 1.30 bits per heavy atom. The molecule has 1 aromatic carbocycles. The molecule has 1 aromatic heterocycles. The molecule has 9 heteroatoms. The number of rotatable bonds is 6. The van der Waals surface area contributed by atoms with E-state index in [1.165, 1.54) is 12.3 Å². The summed E-state index contributed by atoms with van der Waals surface area (Å²) < 4.78 is 5.04. The lowest BCUT2D eigenvalue weighted by atomic mass is 10.2. The first kappa shape index (κ1) is 15.9. The van der Waals surface area contributed by atoms with Gasteiger partial charge >= 0.3 is 0 Å². The van der Waals surface area contributed by atoms with Gasteiger partial charge in [-0.15, -0.1) is 0 Å². The summed E-state index contributed by atoms with van der Waals surface area (Å²) in [6, 6.07) is 8.94. The van der Waals surface area contributed by atoms with Crippen LogP contribution in [0.25, 0.3) is 0 Å². The zero-order chi connectivity index (χ0) is 16.7. The lowest BCUT2D eigenvalue weighted by Gasteiger charge is -2.08. The molecule has 0 saturated carbocycles. The number of carboxylic acids is 1. The number of carbonyl (C=O) groups excluding carboxylic acids is 2. The van der Waals surface area contributed by atoms with Crippen LogP contribution in [0.5, 0.6) is 5.75 Å². The van der Waals surface area contributed by atoms with E-state index < -0.39 is 24.0 Å². The average Bonchev–Trinajstić information content (AvgIpc) is 2.54. The zero-order valence-corrected chi connectivity index (χ0v) is 11.7. The van der Waals surface area contributed by atoms with E-state index in [1.807, 2.05) is 0 Å². The third-order valence-corrected chi connectivity index (χ3v) is 2.55. The first-order valence-corrected chi connectivity index (χ1v) is 6.37. The molecule has 0 spiro atoms. The Balaban J connectivity index is 2.02. The summed E-state index contributed by atoms with van der Waals surface area (Å²) in [6.07, 6.45) is 1.29. The lowest BCUT2D eigenvalue weighted by molar-refractivity contribution is -0.307. The quantitative estimate of drug-likeness (QED) is 0.500. The number of benzene rings is 1. The Morgan fingerprint density at radius 3 is 2.78 bits per heavy atom. The number of hydrazone groups is 1. The molecule has 0 aliphatic rings. The maximum Gasteiger partial charge on any atom is 0.291 e. The number of H-pyrrole nitrogens is 1. The molecular weight excluding hydrogens is 304 g/mol. The summed E-state index contributed by atoms with van der Waals surface area (Å²) in [5, 5.41) is 19.8. The summed E-state index contributed by atoms with van der Waals surface area (Å²) in [6.45, 7) is -0.599. The molecule has 2 rings (SSSR count). The van der Waals surface area contributed by atoms with Gasteiger partial charge in [-0.2, -0.15) is 10.2 Å². The predicted octanol–water partition coefficient (Wildman–Crippen LogP) is -1.34. The summed E-state index contributed by atoms with van der Waals surface area (Å²) in [4.78, 5) is 33.0. The number of ether oxygens (including phenoxy) is 1. The second kappa shape index (κ2) is 7.50. The van der Waals surface area contributed by atoms with Crippen LogP contribution in [0.4, 0.5) is 0 Å². The summed E-state index contributed by atoms with van der Waals surface area (Å²) in [7, 11) is 0. The molecule has 9 nitrogen and oxygen atoms in total. The number of nitrogens with one attached hydrogen (secondary N) is 2. The maximum atomic E-state index is 11.7. The van der Waals surface area contributed by atoms with Gasteiger partial charge in [0.2, 0.25) is 0 Å². The highest BCUT2D eigenvalue weighted by Gasteiger charge is 2.06. The number of hydrogen-bond donors (Lipinski definition) is 2. The van der Waals surface area contributed by atoms with Gasteiger partial charge in [0.1, 0.15) is 12.4 Å². The van der Waals surface area contributed by atoms with Gasteiger partial charge in [-0.3, -0.25) is 9.59 Å². The van der Waals surface area contributed by atoms with E-state index in [1.54, 1.807) is 24.3 Å². The van der Waals surface area contributed by atoms with Crippen LogP contribution in [0, 0.1) is 0 Å². The number of aromatic amines is 1. The molecule has 1 amide bonds. The van der Waals surface area contributed by atoms with Gasteiger partial charge in [0.05, 0.1) is 12.2 Å². The number of aromatic nitrogens is 2. The second-order valence-electron chi connectivity index (χ2n) is 4.20. The van der Waals surface area contributed by atoms with Crippen LogP contribution in [0.2, 0.25) is 0 Å². The van der Waals surface area contributed by atoms with Gasteiger partial charge in [-0.25, -0.2) is 10.5 Å². The van der Waals surface area contributed by atoms with Crippen LogP contribution in [-0.4, -0.2) is 34.9 Å². The molecule has 0 atom stereocenters. The van der Waals surface area contributed by atoms with Crippen LogP contribution >= 0.6 is 0 Å². The van der Waals surface area contributed by atoms with Crippen LogP contribution in [0.3, 0.4) is 0 Å². The highest BCUT2D eigenvalue weighted by atomic mass is 16.5. The standard InChI is InChI=1S/C14H12N4O5/c19-12-6-5-10(16-17-12)14(22)18-15-7-9-3-1-2-4-11(9)23-8-13(20)21/h1-7H,8H2,(H,17,19)(H,18,22)(H,20,21)/p-1/b15-7+. The van der Waals surface area contributed by atoms with Gasteiger partial charge in [-0.05, 0) is 18.2 Å². The summed E-state index contributed by atoms with van der Waals surface area (Å²) in [5.74, 6) is -1.70. The molecule has 0 aliphatic heterocycles. The number of amides is 1. The SMILES string of the molecule is O=C([O-])COc1ccccc1/C=N/NC(=O)c1ccc(=O)[nH]n1. The van der Waals surface area contributed by atoms with E-state index in [0.717, 1.165) is 6.07 Å². The zero-order valence-electron chi connectivity index (χ0n) is 11.7. The fourth-order valence-electron chi connectivity index (χ4n) is 1.54. The van der Waals surface area contributed by atoms with E-state index in [2.05, 4.69) is 20.7 Å². The van der Waals surface area contributed by atoms with Gasteiger partial charge in [0.25, 0.3) is 11.5 Å². The monoisotopic (exact) mass is 315 g/mol. The lowest BCUT2D eigenvalue weighted by Crippen LogP contribution is -2.29. The largest absolute Gasteiger partial charge is 0.546 e. The van der Waals surface area contributed by atoms with E-state index in [9.17, 15) is 19.5 Å². The summed E-state index contributed by atoms with van der Waals surface area (Å²) >= 11 is 0. The minimum Gasteiger partial charge on any atom is -0.546 e. The Kier molecular flexibility index (Phi) is 5.18. The van der Waals surface area contributed by atoms with Crippen LogP contribution < -0.4 is 20.8 Å². The van der Waals surface area contributed by atoms with Crippen molar-refractivity contribution in [1.29, 1.82) is 0 Å².